The number of ether oxygens (including phenoxy) is 2. The summed E-state index contributed by atoms with van der Waals surface area (Å²) in [4.78, 5) is 18.7. The van der Waals surface area contributed by atoms with E-state index in [0.29, 0.717) is 29.6 Å². The van der Waals surface area contributed by atoms with Gasteiger partial charge >= 0.3 is 5.97 Å². The third-order valence-corrected chi connectivity index (χ3v) is 6.07. The molecule has 0 amide bonds. The average molecular weight is 525 g/mol. The van der Waals surface area contributed by atoms with Crippen LogP contribution in [0.3, 0.4) is 0 Å². The van der Waals surface area contributed by atoms with Crippen molar-refractivity contribution in [3.8, 4) is 17.2 Å². The van der Waals surface area contributed by atoms with E-state index in [4.69, 9.17) is 14.3 Å². The van der Waals surface area contributed by atoms with E-state index in [1.807, 2.05) is 128 Å². The molecule has 4 aromatic carbocycles. The minimum atomic E-state index is -0.828. The van der Waals surface area contributed by atoms with Gasteiger partial charge in [0.25, 0.3) is 0 Å². The highest BCUT2D eigenvalue weighted by atomic mass is 16.6. The molecule has 0 aliphatic carbocycles. The lowest BCUT2D eigenvalue weighted by atomic mass is 10.0. The molecule has 0 radical (unpaired) electrons. The quantitative estimate of drug-likeness (QED) is 0.166. The van der Waals surface area contributed by atoms with Crippen LogP contribution < -0.4 is 14.3 Å². The van der Waals surface area contributed by atoms with E-state index >= 15 is 0 Å². The Bertz CT molecular complexity index is 1340. The Morgan fingerprint density at radius 3 is 1.97 bits per heavy atom. The van der Waals surface area contributed by atoms with Crippen molar-refractivity contribution in [1.82, 2.24) is 4.90 Å². The second-order valence-corrected chi connectivity index (χ2v) is 9.18. The van der Waals surface area contributed by atoms with E-state index in [9.17, 15) is 9.90 Å². The zero-order chi connectivity index (χ0) is 27.5. The highest BCUT2D eigenvalue weighted by Gasteiger charge is 2.17. The normalized spacial score (nSPS) is 12.1. The van der Waals surface area contributed by atoms with Crippen molar-refractivity contribution in [2.75, 3.05) is 20.7 Å². The zero-order valence-electron chi connectivity index (χ0n) is 22.1. The van der Waals surface area contributed by atoms with Gasteiger partial charge in [0.05, 0.1) is 6.42 Å². The summed E-state index contributed by atoms with van der Waals surface area (Å²) in [6.07, 6.45) is 0.0420. The molecule has 0 aliphatic rings. The van der Waals surface area contributed by atoms with Crippen LogP contribution in [0.1, 0.15) is 29.2 Å². The molecule has 1 atom stereocenters. The van der Waals surface area contributed by atoms with Crippen molar-refractivity contribution in [1.29, 1.82) is 0 Å². The highest BCUT2D eigenvalue weighted by molar-refractivity contribution is 6.01. The van der Waals surface area contributed by atoms with Crippen molar-refractivity contribution in [3.05, 3.63) is 126 Å². The molecular formula is C32H32N2O5. The first kappa shape index (κ1) is 27.4. The van der Waals surface area contributed by atoms with Crippen LogP contribution in [-0.4, -0.2) is 42.4 Å². The Morgan fingerprint density at radius 1 is 0.769 bits per heavy atom. The fourth-order valence-corrected chi connectivity index (χ4v) is 3.93. The molecule has 7 nitrogen and oxygen atoms in total. The predicted octanol–water partition coefficient (Wildman–Crippen LogP) is 6.21. The van der Waals surface area contributed by atoms with Gasteiger partial charge in [-0.15, -0.1) is 0 Å². The molecule has 7 heteroatoms. The summed E-state index contributed by atoms with van der Waals surface area (Å²) in [6, 6.07) is 34.3. The average Bonchev–Trinajstić information content (AvgIpc) is 2.96. The summed E-state index contributed by atoms with van der Waals surface area (Å²) in [5.74, 6) is 1.25. The highest BCUT2D eigenvalue weighted by Crippen LogP contribution is 2.25. The molecule has 1 unspecified atom stereocenters. The molecule has 0 heterocycles. The molecule has 0 bridgehead atoms. The van der Waals surface area contributed by atoms with Crippen molar-refractivity contribution in [2.45, 2.75) is 19.1 Å². The number of benzene rings is 4. The lowest BCUT2D eigenvalue weighted by Crippen LogP contribution is -2.22. The minimum Gasteiger partial charge on any atom is -0.489 e. The van der Waals surface area contributed by atoms with Crippen LogP contribution in [0.4, 0.5) is 0 Å². The molecule has 200 valence electrons. The van der Waals surface area contributed by atoms with E-state index in [-0.39, 0.29) is 19.1 Å². The molecule has 1 N–H and O–H groups in total. The number of carbonyl (C=O) groups is 1. The molecule has 4 rings (SSSR count). The number of hydrogen-bond acceptors (Lipinski definition) is 6. The number of carboxylic acids is 1. The van der Waals surface area contributed by atoms with Crippen molar-refractivity contribution >= 4 is 11.7 Å². The van der Waals surface area contributed by atoms with Crippen LogP contribution >= 0.6 is 0 Å². The van der Waals surface area contributed by atoms with Gasteiger partial charge in [0, 0.05) is 11.6 Å². The molecule has 0 saturated heterocycles. The first-order chi connectivity index (χ1) is 19.0. The number of hydrogen-bond donors (Lipinski definition) is 1. The van der Waals surface area contributed by atoms with Crippen molar-refractivity contribution < 1.29 is 24.2 Å². The lowest BCUT2D eigenvalue weighted by Gasteiger charge is -2.23. The van der Waals surface area contributed by atoms with Gasteiger partial charge in [-0.1, -0.05) is 78.0 Å². The van der Waals surface area contributed by atoms with Gasteiger partial charge in [-0.3, -0.25) is 4.79 Å². The summed E-state index contributed by atoms with van der Waals surface area (Å²) in [7, 11) is 3.75. The van der Waals surface area contributed by atoms with Gasteiger partial charge in [0.1, 0.15) is 30.4 Å². The Morgan fingerprint density at radius 2 is 1.36 bits per heavy atom. The van der Waals surface area contributed by atoms with Crippen LogP contribution in [0.15, 0.2) is 114 Å². The Kier molecular flexibility index (Phi) is 9.69. The summed E-state index contributed by atoms with van der Waals surface area (Å²) in [5, 5.41) is 13.5. The van der Waals surface area contributed by atoms with Gasteiger partial charge in [-0.25, -0.2) is 0 Å². The minimum absolute atomic E-state index is 0.0420. The second kappa shape index (κ2) is 13.8. The van der Waals surface area contributed by atoms with Gasteiger partial charge in [-0.05, 0) is 61.6 Å². The fourth-order valence-electron chi connectivity index (χ4n) is 3.93. The van der Waals surface area contributed by atoms with E-state index < -0.39 is 5.97 Å². The maximum Gasteiger partial charge on any atom is 0.305 e. The summed E-state index contributed by atoms with van der Waals surface area (Å²) < 4.78 is 11.9. The molecule has 0 saturated carbocycles. The monoisotopic (exact) mass is 524 g/mol. The Balaban J connectivity index is 1.33. The summed E-state index contributed by atoms with van der Waals surface area (Å²) in [5.41, 5.74) is 3.52. The van der Waals surface area contributed by atoms with Crippen LogP contribution in [0.5, 0.6) is 17.2 Å². The van der Waals surface area contributed by atoms with Crippen LogP contribution in [0, 0.1) is 0 Å². The van der Waals surface area contributed by atoms with Crippen molar-refractivity contribution in [2.24, 2.45) is 5.16 Å². The number of aliphatic carboxylic acids is 1. The standard InChI is InChI=1S/C32H32N2O5/c1-34(2)31(21-32(35)36)26-15-19-28(20-16-26)37-22-24-13-17-27(18-14-24)38-23-30(25-9-5-3-6-10-25)33-39-29-11-7-4-8-12-29/h3-20,31H,21-23H2,1-2H3,(H,35,36). The number of para-hydroxylation sites is 1. The van der Waals surface area contributed by atoms with Crippen LogP contribution in [-0.2, 0) is 11.4 Å². The first-order valence-electron chi connectivity index (χ1n) is 12.6. The molecule has 0 aliphatic heterocycles. The fraction of sp³-hybridized carbons (Fsp3) is 0.188. The third kappa shape index (κ3) is 8.45. The van der Waals surface area contributed by atoms with Crippen LogP contribution in [0.25, 0.3) is 0 Å². The Hall–Kier alpha value is -4.62. The summed E-state index contributed by atoms with van der Waals surface area (Å²) >= 11 is 0. The van der Waals surface area contributed by atoms with E-state index in [2.05, 4.69) is 5.16 Å². The SMILES string of the molecule is CN(C)C(CC(=O)O)c1ccc(OCc2ccc(OCC(=NOc3ccccc3)c3ccccc3)cc2)cc1. The molecule has 0 aromatic heterocycles. The van der Waals surface area contributed by atoms with E-state index in [1.165, 1.54) is 0 Å². The molecular weight excluding hydrogens is 492 g/mol. The number of oxime groups is 1. The Labute approximate surface area is 228 Å². The number of rotatable bonds is 13. The van der Waals surface area contributed by atoms with Crippen molar-refractivity contribution in [3.63, 3.8) is 0 Å². The van der Waals surface area contributed by atoms with E-state index in [1.54, 1.807) is 0 Å². The zero-order valence-corrected chi connectivity index (χ0v) is 22.1. The maximum absolute atomic E-state index is 11.2. The topological polar surface area (TPSA) is 80.6 Å². The second-order valence-electron chi connectivity index (χ2n) is 9.18. The van der Waals surface area contributed by atoms with Gasteiger partial charge in [0.15, 0.2) is 5.75 Å². The third-order valence-electron chi connectivity index (χ3n) is 6.07. The molecule has 0 fully saturated rings. The lowest BCUT2D eigenvalue weighted by molar-refractivity contribution is -0.138. The number of nitrogens with zero attached hydrogens (tertiary/aromatic N) is 2. The first-order valence-corrected chi connectivity index (χ1v) is 12.6. The van der Waals surface area contributed by atoms with Gasteiger partial charge in [-0.2, -0.15) is 0 Å². The smallest absolute Gasteiger partial charge is 0.305 e. The predicted molar refractivity (Wildman–Crippen MR) is 151 cm³/mol. The molecule has 4 aromatic rings. The largest absolute Gasteiger partial charge is 0.489 e. The van der Waals surface area contributed by atoms with E-state index in [0.717, 1.165) is 16.7 Å². The number of carboxylic acid groups (broad SMARTS) is 1. The van der Waals surface area contributed by atoms with Gasteiger partial charge < -0.3 is 24.3 Å². The molecule has 39 heavy (non-hydrogen) atoms. The van der Waals surface area contributed by atoms with Crippen LogP contribution in [0.2, 0.25) is 0 Å². The maximum atomic E-state index is 11.2. The molecule has 0 spiro atoms. The summed E-state index contributed by atoms with van der Waals surface area (Å²) in [6.45, 7) is 0.641. The van der Waals surface area contributed by atoms with Gasteiger partial charge in [0.2, 0.25) is 0 Å².